The van der Waals surface area contributed by atoms with E-state index in [9.17, 15) is 14.4 Å². The molecular formula is C20H23N3O5. The second-order valence-electron chi connectivity index (χ2n) is 5.69. The molecule has 0 aliphatic heterocycles. The van der Waals surface area contributed by atoms with Gasteiger partial charge in [0.15, 0.2) is 18.1 Å². The Morgan fingerprint density at radius 1 is 0.786 bits per heavy atom. The van der Waals surface area contributed by atoms with E-state index in [-0.39, 0.29) is 44.0 Å². The van der Waals surface area contributed by atoms with Gasteiger partial charge in [0.2, 0.25) is 5.91 Å². The molecule has 8 nitrogen and oxygen atoms in total. The number of hydrogen-bond acceptors (Lipinski definition) is 5. The van der Waals surface area contributed by atoms with Crippen molar-refractivity contribution < 1.29 is 23.9 Å². The Hall–Kier alpha value is -3.55. The molecule has 3 amide bonds. The lowest BCUT2D eigenvalue weighted by atomic mass is 10.2. The number of amides is 3. The van der Waals surface area contributed by atoms with E-state index in [1.807, 2.05) is 0 Å². The number of hydrogen-bond donors (Lipinski definition) is 3. The lowest BCUT2D eigenvalue weighted by Crippen LogP contribution is -2.41. The van der Waals surface area contributed by atoms with Crippen LogP contribution >= 0.6 is 0 Å². The largest absolute Gasteiger partial charge is 0.493 e. The van der Waals surface area contributed by atoms with E-state index in [1.165, 1.54) is 7.11 Å². The molecule has 0 unspecified atom stereocenters. The number of nitrogens with one attached hydrogen (secondary N) is 3. The molecule has 0 atom stereocenters. The predicted molar refractivity (Wildman–Crippen MR) is 103 cm³/mol. The van der Waals surface area contributed by atoms with Gasteiger partial charge in [0.05, 0.1) is 13.7 Å². The fourth-order valence-electron chi connectivity index (χ4n) is 2.25. The van der Waals surface area contributed by atoms with Gasteiger partial charge in [-0.1, -0.05) is 30.3 Å². The maximum absolute atomic E-state index is 11.8. The Labute approximate surface area is 163 Å². The molecule has 0 spiro atoms. The number of para-hydroxylation sites is 2. The Morgan fingerprint density at radius 2 is 1.39 bits per heavy atom. The predicted octanol–water partition coefficient (Wildman–Crippen LogP) is 0.736. The first-order valence-corrected chi connectivity index (χ1v) is 8.72. The molecular weight excluding hydrogens is 362 g/mol. The van der Waals surface area contributed by atoms with E-state index in [4.69, 9.17) is 9.47 Å². The van der Waals surface area contributed by atoms with Crippen LogP contribution in [0.3, 0.4) is 0 Å². The smallest absolute Gasteiger partial charge is 0.258 e. The van der Waals surface area contributed by atoms with Crippen LogP contribution in [0.4, 0.5) is 0 Å². The van der Waals surface area contributed by atoms with Gasteiger partial charge >= 0.3 is 0 Å². The Bertz CT molecular complexity index is 795. The van der Waals surface area contributed by atoms with Crippen molar-refractivity contribution in [3.8, 4) is 11.5 Å². The highest BCUT2D eigenvalue weighted by molar-refractivity contribution is 5.96. The standard InChI is InChI=1S/C20H23N3O5/c1-27-16-9-5-6-10-17(16)28-14-19(25)22-12-11-21-18(24)13-23-20(26)15-7-3-2-4-8-15/h2-10H,11-14H2,1H3,(H,21,24)(H,22,25)(H,23,26). The summed E-state index contributed by atoms with van der Waals surface area (Å²) in [7, 11) is 1.52. The van der Waals surface area contributed by atoms with Crippen LogP contribution in [0, 0.1) is 0 Å². The summed E-state index contributed by atoms with van der Waals surface area (Å²) in [5.41, 5.74) is 0.484. The van der Waals surface area contributed by atoms with Gasteiger partial charge in [-0.25, -0.2) is 0 Å². The van der Waals surface area contributed by atoms with Crippen LogP contribution in [0.5, 0.6) is 11.5 Å². The number of carbonyl (C=O) groups is 3. The minimum atomic E-state index is -0.344. The van der Waals surface area contributed by atoms with Crippen molar-refractivity contribution in [2.45, 2.75) is 0 Å². The van der Waals surface area contributed by atoms with E-state index < -0.39 is 0 Å². The summed E-state index contributed by atoms with van der Waals surface area (Å²) in [5, 5.41) is 7.76. The number of carbonyl (C=O) groups excluding carboxylic acids is 3. The van der Waals surface area contributed by atoms with Crippen LogP contribution in [-0.2, 0) is 9.59 Å². The van der Waals surface area contributed by atoms with Crippen molar-refractivity contribution >= 4 is 17.7 Å². The zero-order chi connectivity index (χ0) is 20.2. The second-order valence-corrected chi connectivity index (χ2v) is 5.69. The Balaban J connectivity index is 1.58. The number of ether oxygens (including phenoxy) is 2. The van der Waals surface area contributed by atoms with Crippen LogP contribution in [0.15, 0.2) is 54.6 Å². The molecule has 8 heteroatoms. The van der Waals surface area contributed by atoms with Crippen molar-refractivity contribution in [2.75, 3.05) is 33.4 Å². The zero-order valence-corrected chi connectivity index (χ0v) is 15.6. The highest BCUT2D eigenvalue weighted by atomic mass is 16.5. The summed E-state index contributed by atoms with van der Waals surface area (Å²) in [6.45, 7) is 0.174. The summed E-state index contributed by atoms with van der Waals surface area (Å²) in [5.74, 6) is 0.0293. The molecule has 2 aromatic carbocycles. The van der Waals surface area contributed by atoms with Gasteiger partial charge in [0.25, 0.3) is 11.8 Å². The van der Waals surface area contributed by atoms with Gasteiger partial charge in [-0.2, -0.15) is 0 Å². The normalized spacial score (nSPS) is 9.89. The molecule has 0 saturated carbocycles. The molecule has 3 N–H and O–H groups in total. The van der Waals surface area contributed by atoms with E-state index >= 15 is 0 Å². The van der Waals surface area contributed by atoms with Gasteiger partial charge in [-0.15, -0.1) is 0 Å². The first-order chi connectivity index (χ1) is 13.6. The Morgan fingerprint density at radius 3 is 2.07 bits per heavy atom. The molecule has 0 radical (unpaired) electrons. The number of benzene rings is 2. The third-order valence-corrected chi connectivity index (χ3v) is 3.64. The molecule has 0 aromatic heterocycles. The molecule has 0 fully saturated rings. The second kappa shape index (κ2) is 11.2. The maximum Gasteiger partial charge on any atom is 0.258 e. The van der Waals surface area contributed by atoms with E-state index in [2.05, 4.69) is 16.0 Å². The van der Waals surface area contributed by atoms with Gasteiger partial charge in [-0.3, -0.25) is 14.4 Å². The summed E-state index contributed by atoms with van der Waals surface area (Å²) in [6, 6.07) is 15.6. The highest BCUT2D eigenvalue weighted by Crippen LogP contribution is 2.25. The van der Waals surface area contributed by atoms with Gasteiger partial charge in [0, 0.05) is 18.7 Å². The first-order valence-electron chi connectivity index (χ1n) is 8.72. The van der Waals surface area contributed by atoms with Crippen molar-refractivity contribution in [3.05, 3.63) is 60.2 Å². The molecule has 148 valence electrons. The van der Waals surface area contributed by atoms with Crippen molar-refractivity contribution in [2.24, 2.45) is 0 Å². The third-order valence-electron chi connectivity index (χ3n) is 3.64. The number of rotatable bonds is 10. The van der Waals surface area contributed by atoms with Crippen molar-refractivity contribution in [1.29, 1.82) is 0 Å². The molecule has 0 aliphatic rings. The highest BCUT2D eigenvalue weighted by Gasteiger charge is 2.08. The Kier molecular flexibility index (Phi) is 8.32. The monoisotopic (exact) mass is 385 g/mol. The molecule has 28 heavy (non-hydrogen) atoms. The molecule has 2 aromatic rings. The quantitative estimate of drug-likeness (QED) is 0.523. The SMILES string of the molecule is COc1ccccc1OCC(=O)NCCNC(=O)CNC(=O)c1ccccc1. The van der Waals surface area contributed by atoms with Crippen LogP contribution in [0.2, 0.25) is 0 Å². The average molecular weight is 385 g/mol. The van der Waals surface area contributed by atoms with Crippen LogP contribution in [0.1, 0.15) is 10.4 Å². The minimum Gasteiger partial charge on any atom is -0.493 e. The van der Waals surface area contributed by atoms with Crippen molar-refractivity contribution in [1.82, 2.24) is 16.0 Å². The molecule has 0 bridgehead atoms. The minimum absolute atomic E-state index is 0.140. The van der Waals surface area contributed by atoms with Crippen LogP contribution in [0.25, 0.3) is 0 Å². The van der Waals surface area contributed by atoms with Crippen molar-refractivity contribution in [3.63, 3.8) is 0 Å². The lowest BCUT2D eigenvalue weighted by molar-refractivity contribution is -0.123. The van der Waals surface area contributed by atoms with Crippen LogP contribution < -0.4 is 25.4 Å². The molecule has 0 heterocycles. The maximum atomic E-state index is 11.8. The van der Waals surface area contributed by atoms with E-state index in [0.717, 1.165) is 0 Å². The summed E-state index contributed by atoms with van der Waals surface area (Å²) >= 11 is 0. The fourth-order valence-corrected chi connectivity index (χ4v) is 2.25. The average Bonchev–Trinajstić information content (AvgIpc) is 2.74. The molecule has 2 rings (SSSR count). The summed E-state index contributed by atoms with van der Waals surface area (Å²) < 4.78 is 10.5. The van der Waals surface area contributed by atoms with E-state index in [1.54, 1.807) is 54.6 Å². The number of methoxy groups -OCH3 is 1. The molecule has 0 aliphatic carbocycles. The molecule has 0 saturated heterocycles. The third kappa shape index (κ3) is 6.99. The zero-order valence-electron chi connectivity index (χ0n) is 15.6. The summed E-state index contributed by atoms with van der Waals surface area (Å²) in [6.07, 6.45) is 0. The van der Waals surface area contributed by atoms with Gasteiger partial charge in [-0.05, 0) is 24.3 Å². The summed E-state index contributed by atoms with van der Waals surface area (Å²) in [4.78, 5) is 35.3. The fraction of sp³-hybridized carbons (Fsp3) is 0.250. The van der Waals surface area contributed by atoms with Gasteiger partial charge < -0.3 is 25.4 Å². The van der Waals surface area contributed by atoms with Gasteiger partial charge in [0.1, 0.15) is 0 Å². The first kappa shape index (κ1) is 20.8. The lowest BCUT2D eigenvalue weighted by Gasteiger charge is -2.11. The topological polar surface area (TPSA) is 106 Å². The van der Waals surface area contributed by atoms with E-state index in [0.29, 0.717) is 17.1 Å². The van der Waals surface area contributed by atoms with Crippen LogP contribution in [-0.4, -0.2) is 51.1 Å².